The Morgan fingerprint density at radius 3 is 3.00 bits per heavy atom. The van der Waals surface area contributed by atoms with E-state index in [-0.39, 0.29) is 0 Å². The molecule has 0 radical (unpaired) electrons. The van der Waals surface area contributed by atoms with Gasteiger partial charge in [-0.05, 0) is 18.9 Å². The van der Waals surface area contributed by atoms with E-state index in [1.165, 1.54) is 11.8 Å². The van der Waals surface area contributed by atoms with Crippen molar-refractivity contribution < 1.29 is 9.53 Å². The van der Waals surface area contributed by atoms with Gasteiger partial charge in [0.15, 0.2) is 0 Å². The highest BCUT2D eigenvalue weighted by Crippen LogP contribution is 2.37. The molecule has 0 atom stereocenters. The molecule has 0 aromatic heterocycles. The second-order valence-corrected chi connectivity index (χ2v) is 4.15. The van der Waals surface area contributed by atoms with Crippen LogP contribution in [0.4, 0.5) is 5.69 Å². The number of hydrogen-bond acceptors (Lipinski definition) is 4. The van der Waals surface area contributed by atoms with E-state index in [4.69, 9.17) is 16.3 Å². The quantitative estimate of drug-likeness (QED) is 0.280. The van der Waals surface area contributed by atoms with Crippen LogP contribution in [0.15, 0.2) is 22.0 Å². The minimum absolute atomic E-state index is 0.455. The summed E-state index contributed by atoms with van der Waals surface area (Å²) in [4.78, 5) is 14.8. The number of ether oxygens (including phenoxy) is 1. The predicted octanol–water partition coefficient (Wildman–Crippen LogP) is 2.48. The van der Waals surface area contributed by atoms with Crippen LogP contribution in [0.5, 0.6) is 5.75 Å². The molecule has 0 saturated heterocycles. The maximum atomic E-state index is 10.1. The molecule has 0 aliphatic heterocycles. The standard InChI is InChI=1S/C10H11ClN2O2S/c1-12-8-3-7(11)9(15-2)4-10(8)16-6-13-5-14/h3-5H,1,6H2,2H3,(H,13,14). The molecule has 1 rings (SSSR count). The van der Waals surface area contributed by atoms with Gasteiger partial charge in [-0.2, -0.15) is 0 Å². The van der Waals surface area contributed by atoms with Gasteiger partial charge in [-0.15, -0.1) is 11.8 Å². The first-order valence-corrected chi connectivity index (χ1v) is 5.73. The smallest absolute Gasteiger partial charge is 0.207 e. The fraction of sp³-hybridized carbons (Fsp3) is 0.200. The van der Waals surface area contributed by atoms with Crippen LogP contribution in [0.1, 0.15) is 0 Å². The first kappa shape index (κ1) is 12.9. The van der Waals surface area contributed by atoms with Crippen LogP contribution in [-0.4, -0.2) is 26.1 Å². The summed E-state index contributed by atoms with van der Waals surface area (Å²) in [7, 11) is 1.54. The normalized spacial score (nSPS) is 9.62. The first-order valence-electron chi connectivity index (χ1n) is 4.37. The van der Waals surface area contributed by atoms with Crippen LogP contribution in [0.25, 0.3) is 0 Å². The van der Waals surface area contributed by atoms with Gasteiger partial charge in [0.2, 0.25) is 6.41 Å². The van der Waals surface area contributed by atoms with Crippen LogP contribution in [0.3, 0.4) is 0 Å². The van der Waals surface area contributed by atoms with Crippen LogP contribution >= 0.6 is 23.4 Å². The molecule has 0 spiro atoms. The summed E-state index contributed by atoms with van der Waals surface area (Å²) >= 11 is 7.37. The zero-order chi connectivity index (χ0) is 12.0. The van der Waals surface area contributed by atoms with Crippen molar-refractivity contribution in [1.82, 2.24) is 5.32 Å². The number of amides is 1. The molecule has 0 aliphatic carbocycles. The van der Waals surface area contributed by atoms with Crippen molar-refractivity contribution in [3.63, 3.8) is 0 Å². The highest BCUT2D eigenvalue weighted by atomic mass is 35.5. The number of carbonyl (C=O) groups excluding carboxylic acids is 1. The lowest BCUT2D eigenvalue weighted by atomic mass is 10.3. The summed E-state index contributed by atoms with van der Waals surface area (Å²) in [6.07, 6.45) is 0.640. The Morgan fingerprint density at radius 2 is 2.44 bits per heavy atom. The van der Waals surface area contributed by atoms with Crippen LogP contribution in [0.2, 0.25) is 5.02 Å². The largest absolute Gasteiger partial charge is 0.495 e. The van der Waals surface area contributed by atoms with E-state index >= 15 is 0 Å². The average molecular weight is 259 g/mol. The fourth-order valence-corrected chi connectivity index (χ4v) is 2.08. The highest BCUT2D eigenvalue weighted by Gasteiger charge is 2.08. The molecular formula is C10H11ClN2O2S. The monoisotopic (exact) mass is 258 g/mol. The minimum Gasteiger partial charge on any atom is -0.495 e. The summed E-state index contributed by atoms with van der Waals surface area (Å²) in [5.74, 6) is 1.03. The molecular weight excluding hydrogens is 248 g/mol. The van der Waals surface area contributed by atoms with Gasteiger partial charge in [0.25, 0.3) is 0 Å². The number of nitrogens with one attached hydrogen (secondary N) is 1. The Balaban J connectivity index is 2.95. The number of halogens is 1. The number of aliphatic imine (C=N–C) groups is 1. The molecule has 6 heteroatoms. The van der Waals surface area contributed by atoms with Crippen molar-refractivity contribution in [1.29, 1.82) is 0 Å². The fourth-order valence-electron chi connectivity index (χ4n) is 1.07. The van der Waals surface area contributed by atoms with Crippen molar-refractivity contribution in [2.45, 2.75) is 4.90 Å². The molecule has 1 aromatic carbocycles. The molecule has 0 unspecified atom stereocenters. The third kappa shape index (κ3) is 3.15. The number of nitrogens with zero attached hydrogens (tertiary/aromatic N) is 1. The van der Waals surface area contributed by atoms with Crippen molar-refractivity contribution in [2.24, 2.45) is 4.99 Å². The number of benzene rings is 1. The lowest BCUT2D eigenvalue weighted by molar-refractivity contribution is -0.109. The predicted molar refractivity (Wildman–Crippen MR) is 67.1 cm³/mol. The van der Waals surface area contributed by atoms with Gasteiger partial charge in [-0.3, -0.25) is 9.79 Å². The molecule has 0 saturated carbocycles. The molecule has 1 N–H and O–H groups in total. The SMILES string of the molecule is C=Nc1cc(Cl)c(OC)cc1SCNC=O. The average Bonchev–Trinajstić information content (AvgIpc) is 2.30. The summed E-state index contributed by atoms with van der Waals surface area (Å²) in [5, 5.41) is 3.03. The van der Waals surface area contributed by atoms with E-state index in [0.717, 1.165) is 4.90 Å². The van der Waals surface area contributed by atoms with Gasteiger partial charge < -0.3 is 10.1 Å². The lowest BCUT2D eigenvalue weighted by Crippen LogP contribution is -2.08. The highest BCUT2D eigenvalue weighted by molar-refractivity contribution is 7.99. The van der Waals surface area contributed by atoms with E-state index in [2.05, 4.69) is 17.0 Å². The number of hydrogen-bond donors (Lipinski definition) is 1. The Bertz CT molecular complexity index is 399. The van der Waals surface area contributed by atoms with Crippen LogP contribution in [-0.2, 0) is 4.79 Å². The molecule has 1 aromatic rings. The molecule has 0 fully saturated rings. The van der Waals surface area contributed by atoms with Gasteiger partial charge in [-0.25, -0.2) is 0 Å². The molecule has 86 valence electrons. The Labute approximate surface area is 103 Å². The topological polar surface area (TPSA) is 50.7 Å². The van der Waals surface area contributed by atoms with Crippen molar-refractivity contribution in [2.75, 3.05) is 13.0 Å². The van der Waals surface area contributed by atoms with Gasteiger partial charge in [0, 0.05) is 4.90 Å². The maximum absolute atomic E-state index is 10.1. The van der Waals surface area contributed by atoms with Gasteiger partial charge in [0.05, 0.1) is 23.7 Å². The van der Waals surface area contributed by atoms with Crippen molar-refractivity contribution in [3.8, 4) is 5.75 Å². The van der Waals surface area contributed by atoms with Gasteiger partial charge in [0.1, 0.15) is 5.75 Å². The van der Waals surface area contributed by atoms with Crippen LogP contribution in [0, 0.1) is 0 Å². The number of methoxy groups -OCH3 is 1. The maximum Gasteiger partial charge on any atom is 0.207 e. The Morgan fingerprint density at radius 1 is 1.69 bits per heavy atom. The third-order valence-corrected chi connectivity index (χ3v) is 3.04. The molecule has 1 amide bonds. The number of thioether (sulfide) groups is 1. The Hall–Kier alpha value is -1.20. The number of carbonyl (C=O) groups is 1. The summed E-state index contributed by atoms with van der Waals surface area (Å²) in [5.41, 5.74) is 0.670. The zero-order valence-electron chi connectivity index (χ0n) is 8.70. The molecule has 0 aliphatic rings. The van der Waals surface area contributed by atoms with Gasteiger partial charge >= 0.3 is 0 Å². The molecule has 16 heavy (non-hydrogen) atoms. The van der Waals surface area contributed by atoms with Crippen LogP contribution < -0.4 is 10.1 Å². The van der Waals surface area contributed by atoms with Crippen molar-refractivity contribution >= 4 is 42.2 Å². The molecule has 0 bridgehead atoms. The first-order chi connectivity index (χ1) is 7.72. The lowest BCUT2D eigenvalue weighted by Gasteiger charge is -2.09. The number of rotatable bonds is 6. The zero-order valence-corrected chi connectivity index (χ0v) is 10.3. The van der Waals surface area contributed by atoms with E-state index in [1.807, 2.05) is 0 Å². The van der Waals surface area contributed by atoms with Crippen molar-refractivity contribution in [3.05, 3.63) is 17.2 Å². The van der Waals surface area contributed by atoms with E-state index in [9.17, 15) is 4.79 Å². The summed E-state index contributed by atoms with van der Waals surface area (Å²) in [6, 6.07) is 3.44. The van der Waals surface area contributed by atoms with E-state index in [0.29, 0.717) is 28.7 Å². The van der Waals surface area contributed by atoms with E-state index in [1.54, 1.807) is 19.2 Å². The summed E-state index contributed by atoms with van der Waals surface area (Å²) in [6.45, 7) is 3.46. The minimum atomic E-state index is 0.455. The summed E-state index contributed by atoms with van der Waals surface area (Å²) < 4.78 is 5.09. The van der Waals surface area contributed by atoms with E-state index < -0.39 is 0 Å². The molecule has 4 nitrogen and oxygen atoms in total. The molecule has 0 heterocycles. The Kier molecular flexibility index (Phi) is 5.14. The third-order valence-electron chi connectivity index (χ3n) is 1.80. The van der Waals surface area contributed by atoms with Gasteiger partial charge in [-0.1, -0.05) is 11.6 Å². The second kappa shape index (κ2) is 6.40. The second-order valence-electron chi connectivity index (χ2n) is 2.72.